The third-order valence-corrected chi connectivity index (χ3v) is 3.05. The van der Waals surface area contributed by atoms with E-state index in [2.05, 4.69) is 5.32 Å². The van der Waals surface area contributed by atoms with Crippen molar-refractivity contribution in [3.05, 3.63) is 34.9 Å². The SMILES string of the molecule is O=C(O)CCCCCCNC(=O)c1ccccc1Cl. The number of hydrogen-bond donors (Lipinski definition) is 2. The number of nitrogens with one attached hydrogen (secondary N) is 1. The Kier molecular flexibility index (Phi) is 6.97. The summed E-state index contributed by atoms with van der Waals surface area (Å²) in [5, 5.41) is 11.7. The monoisotopic (exact) mass is 283 g/mol. The molecule has 0 fully saturated rings. The summed E-state index contributed by atoms with van der Waals surface area (Å²) in [5.41, 5.74) is 0.482. The quantitative estimate of drug-likeness (QED) is 0.721. The number of carboxylic acid groups (broad SMARTS) is 1. The lowest BCUT2D eigenvalue weighted by atomic mass is 10.1. The molecule has 0 unspecified atom stereocenters. The molecule has 4 nitrogen and oxygen atoms in total. The van der Waals surface area contributed by atoms with E-state index in [0.717, 1.165) is 19.3 Å². The molecular formula is C14H18ClNO3. The zero-order chi connectivity index (χ0) is 14.1. The van der Waals surface area contributed by atoms with Gasteiger partial charge < -0.3 is 10.4 Å². The van der Waals surface area contributed by atoms with Gasteiger partial charge in [0.05, 0.1) is 10.6 Å². The van der Waals surface area contributed by atoms with Gasteiger partial charge in [-0.2, -0.15) is 0 Å². The molecular weight excluding hydrogens is 266 g/mol. The Morgan fingerprint density at radius 2 is 1.79 bits per heavy atom. The zero-order valence-electron chi connectivity index (χ0n) is 10.7. The van der Waals surface area contributed by atoms with Crippen molar-refractivity contribution in [1.29, 1.82) is 0 Å². The van der Waals surface area contributed by atoms with Crippen LogP contribution in [0.1, 0.15) is 42.5 Å². The fourth-order valence-electron chi connectivity index (χ4n) is 1.70. The topological polar surface area (TPSA) is 66.4 Å². The molecule has 0 saturated heterocycles. The molecule has 2 N–H and O–H groups in total. The zero-order valence-corrected chi connectivity index (χ0v) is 11.4. The molecule has 0 saturated carbocycles. The highest BCUT2D eigenvalue weighted by molar-refractivity contribution is 6.33. The first kappa shape index (κ1) is 15.5. The van der Waals surface area contributed by atoms with Gasteiger partial charge in [0.25, 0.3) is 5.91 Å². The van der Waals surface area contributed by atoms with Gasteiger partial charge in [-0.15, -0.1) is 0 Å². The summed E-state index contributed by atoms with van der Waals surface area (Å²) in [4.78, 5) is 22.1. The number of carbonyl (C=O) groups excluding carboxylic acids is 1. The fourth-order valence-corrected chi connectivity index (χ4v) is 1.92. The van der Waals surface area contributed by atoms with E-state index in [1.165, 1.54) is 0 Å². The maximum absolute atomic E-state index is 11.8. The number of hydrogen-bond acceptors (Lipinski definition) is 2. The Morgan fingerprint density at radius 3 is 2.47 bits per heavy atom. The van der Waals surface area contributed by atoms with Crippen LogP contribution in [-0.4, -0.2) is 23.5 Å². The van der Waals surface area contributed by atoms with Crippen molar-refractivity contribution in [2.45, 2.75) is 32.1 Å². The van der Waals surface area contributed by atoms with Gasteiger partial charge in [0.2, 0.25) is 0 Å². The van der Waals surface area contributed by atoms with Gasteiger partial charge in [-0.3, -0.25) is 9.59 Å². The smallest absolute Gasteiger partial charge is 0.303 e. The van der Waals surface area contributed by atoms with Crippen molar-refractivity contribution < 1.29 is 14.7 Å². The average molecular weight is 284 g/mol. The maximum atomic E-state index is 11.8. The van der Waals surface area contributed by atoms with E-state index < -0.39 is 5.97 Å². The normalized spacial score (nSPS) is 10.2. The van der Waals surface area contributed by atoms with Crippen LogP contribution in [0.3, 0.4) is 0 Å². The Morgan fingerprint density at radius 1 is 1.11 bits per heavy atom. The first-order chi connectivity index (χ1) is 9.11. The first-order valence-electron chi connectivity index (χ1n) is 6.36. The number of unbranched alkanes of at least 4 members (excludes halogenated alkanes) is 3. The number of halogens is 1. The molecule has 0 spiro atoms. The molecule has 0 radical (unpaired) electrons. The highest BCUT2D eigenvalue weighted by atomic mass is 35.5. The van der Waals surface area contributed by atoms with Crippen LogP contribution in [0.15, 0.2) is 24.3 Å². The van der Waals surface area contributed by atoms with Crippen LogP contribution < -0.4 is 5.32 Å². The molecule has 1 amide bonds. The number of carboxylic acids is 1. The predicted octanol–water partition coefficient (Wildman–Crippen LogP) is 3.10. The van der Waals surface area contributed by atoms with E-state index in [-0.39, 0.29) is 12.3 Å². The van der Waals surface area contributed by atoms with Gasteiger partial charge in [-0.25, -0.2) is 0 Å². The van der Waals surface area contributed by atoms with Gasteiger partial charge in [0.1, 0.15) is 0 Å². The fraction of sp³-hybridized carbons (Fsp3) is 0.429. The molecule has 0 aliphatic rings. The van der Waals surface area contributed by atoms with Gasteiger partial charge in [-0.1, -0.05) is 36.6 Å². The molecule has 0 bridgehead atoms. The van der Waals surface area contributed by atoms with E-state index in [9.17, 15) is 9.59 Å². The third-order valence-electron chi connectivity index (χ3n) is 2.72. The van der Waals surface area contributed by atoms with Crippen LogP contribution in [0.5, 0.6) is 0 Å². The maximum Gasteiger partial charge on any atom is 0.303 e. The average Bonchev–Trinajstić information content (AvgIpc) is 2.37. The van der Waals surface area contributed by atoms with Crippen molar-refractivity contribution in [2.24, 2.45) is 0 Å². The van der Waals surface area contributed by atoms with Crippen LogP contribution in [0.25, 0.3) is 0 Å². The molecule has 0 aliphatic heterocycles. The summed E-state index contributed by atoms with van der Waals surface area (Å²) >= 11 is 5.91. The first-order valence-corrected chi connectivity index (χ1v) is 6.73. The Balaban J connectivity index is 2.15. The lowest BCUT2D eigenvalue weighted by Crippen LogP contribution is -2.24. The number of benzene rings is 1. The van der Waals surface area contributed by atoms with E-state index in [1.807, 2.05) is 0 Å². The van der Waals surface area contributed by atoms with E-state index in [4.69, 9.17) is 16.7 Å². The van der Waals surface area contributed by atoms with Crippen molar-refractivity contribution in [3.63, 3.8) is 0 Å². The van der Waals surface area contributed by atoms with E-state index in [1.54, 1.807) is 24.3 Å². The lowest BCUT2D eigenvalue weighted by Gasteiger charge is -2.06. The molecule has 0 aromatic heterocycles. The standard InChI is InChI=1S/C14H18ClNO3/c15-12-8-5-4-7-11(12)14(19)16-10-6-2-1-3-9-13(17)18/h4-5,7-8H,1-3,6,9-10H2,(H,16,19)(H,17,18). The minimum Gasteiger partial charge on any atom is -0.481 e. The summed E-state index contributed by atoms with van der Waals surface area (Å²) < 4.78 is 0. The van der Waals surface area contributed by atoms with Crippen LogP contribution in [0.2, 0.25) is 5.02 Å². The molecule has 5 heteroatoms. The molecule has 0 atom stereocenters. The minimum atomic E-state index is -0.757. The number of rotatable bonds is 8. The number of aliphatic carboxylic acids is 1. The summed E-state index contributed by atoms with van der Waals surface area (Å²) in [6, 6.07) is 6.92. The lowest BCUT2D eigenvalue weighted by molar-refractivity contribution is -0.137. The Hall–Kier alpha value is -1.55. The summed E-state index contributed by atoms with van der Waals surface area (Å²) in [6.45, 7) is 0.580. The van der Waals surface area contributed by atoms with Crippen molar-refractivity contribution >= 4 is 23.5 Å². The highest BCUT2D eigenvalue weighted by Crippen LogP contribution is 2.14. The van der Waals surface area contributed by atoms with Crippen LogP contribution in [0, 0.1) is 0 Å². The predicted molar refractivity (Wildman–Crippen MR) is 74.5 cm³/mol. The second kappa shape index (κ2) is 8.53. The Bertz CT molecular complexity index is 434. The second-order valence-electron chi connectivity index (χ2n) is 4.29. The molecule has 1 aromatic rings. The van der Waals surface area contributed by atoms with Gasteiger partial charge in [0, 0.05) is 13.0 Å². The molecule has 104 valence electrons. The van der Waals surface area contributed by atoms with Crippen LogP contribution >= 0.6 is 11.6 Å². The van der Waals surface area contributed by atoms with Crippen LogP contribution in [0.4, 0.5) is 0 Å². The summed E-state index contributed by atoms with van der Waals surface area (Å²) in [5.74, 6) is -0.928. The highest BCUT2D eigenvalue weighted by Gasteiger charge is 2.07. The molecule has 0 heterocycles. The largest absolute Gasteiger partial charge is 0.481 e. The van der Waals surface area contributed by atoms with Crippen LogP contribution in [-0.2, 0) is 4.79 Å². The van der Waals surface area contributed by atoms with E-state index >= 15 is 0 Å². The van der Waals surface area contributed by atoms with Gasteiger partial charge in [-0.05, 0) is 25.0 Å². The third kappa shape index (κ3) is 6.25. The second-order valence-corrected chi connectivity index (χ2v) is 4.70. The summed E-state index contributed by atoms with van der Waals surface area (Å²) in [7, 11) is 0. The van der Waals surface area contributed by atoms with Crippen molar-refractivity contribution in [1.82, 2.24) is 5.32 Å². The van der Waals surface area contributed by atoms with Gasteiger partial charge >= 0.3 is 5.97 Å². The van der Waals surface area contributed by atoms with Gasteiger partial charge in [0.15, 0.2) is 0 Å². The molecule has 1 rings (SSSR count). The van der Waals surface area contributed by atoms with Crippen molar-refractivity contribution in [2.75, 3.05) is 6.54 Å². The minimum absolute atomic E-state index is 0.170. The number of carbonyl (C=O) groups is 2. The Labute approximate surface area is 117 Å². The van der Waals surface area contributed by atoms with Crippen molar-refractivity contribution in [3.8, 4) is 0 Å². The van der Waals surface area contributed by atoms with E-state index in [0.29, 0.717) is 23.6 Å². The molecule has 0 aliphatic carbocycles. The molecule has 19 heavy (non-hydrogen) atoms. The number of amides is 1. The molecule has 1 aromatic carbocycles. The summed E-state index contributed by atoms with van der Waals surface area (Å²) in [6.07, 6.45) is 3.53.